The van der Waals surface area contributed by atoms with Gasteiger partial charge in [0, 0.05) is 6.54 Å². The Bertz CT molecular complexity index is 818. The van der Waals surface area contributed by atoms with Crippen LogP contribution in [0.15, 0.2) is 18.2 Å². The summed E-state index contributed by atoms with van der Waals surface area (Å²) in [6, 6.07) is 4.39. The molecule has 1 aromatic carbocycles. The van der Waals surface area contributed by atoms with Gasteiger partial charge < -0.3 is 10.4 Å². The van der Waals surface area contributed by atoms with Crippen LogP contribution in [0, 0.1) is 0 Å². The number of nitrogens with zero attached hydrogens (tertiary/aromatic N) is 1. The molecule has 1 aliphatic heterocycles. The average molecular weight is 387 g/mol. The van der Waals surface area contributed by atoms with Gasteiger partial charge in [-0.15, -0.1) is 0 Å². The monoisotopic (exact) mass is 386 g/mol. The van der Waals surface area contributed by atoms with Crippen molar-refractivity contribution >= 4 is 39.2 Å². The molecule has 0 radical (unpaired) electrons. The first-order valence-corrected chi connectivity index (χ1v) is 10.1. The number of carbonyl (C=O) groups is 2. The quantitative estimate of drug-likeness (QED) is 0.823. The van der Waals surface area contributed by atoms with Gasteiger partial charge in [0.15, 0.2) is 0 Å². The van der Waals surface area contributed by atoms with E-state index < -0.39 is 27.4 Å². The third-order valence-electron chi connectivity index (χ3n) is 4.80. The number of hydrogen-bond donors (Lipinski definition) is 2. The molecule has 0 spiro atoms. The van der Waals surface area contributed by atoms with Crippen molar-refractivity contribution in [2.24, 2.45) is 0 Å². The number of carboxylic acid groups (broad SMARTS) is 1. The highest BCUT2D eigenvalue weighted by Gasteiger charge is 2.43. The number of hydrogen-bond acceptors (Lipinski definition) is 4. The first kappa shape index (κ1) is 18.0. The van der Waals surface area contributed by atoms with Crippen LogP contribution in [0.25, 0.3) is 0 Å². The Hall–Kier alpha value is -1.80. The number of benzene rings is 1. The molecule has 2 fully saturated rings. The van der Waals surface area contributed by atoms with E-state index >= 15 is 0 Å². The number of aliphatic carboxylic acids is 1. The van der Waals surface area contributed by atoms with E-state index in [9.17, 15) is 23.1 Å². The Labute approximate surface area is 151 Å². The van der Waals surface area contributed by atoms with Crippen LogP contribution in [-0.2, 0) is 14.8 Å². The summed E-state index contributed by atoms with van der Waals surface area (Å²) in [6.45, 7) is 0.381. The molecule has 1 heterocycles. The topological polar surface area (TPSA) is 104 Å². The summed E-state index contributed by atoms with van der Waals surface area (Å²) in [4.78, 5) is 24.1. The van der Waals surface area contributed by atoms with Crippen LogP contribution in [-0.4, -0.2) is 43.2 Å². The highest BCUT2D eigenvalue weighted by molar-refractivity contribution is 7.93. The summed E-state index contributed by atoms with van der Waals surface area (Å²) in [7, 11) is -3.33. The summed E-state index contributed by atoms with van der Waals surface area (Å²) in [6.07, 6.45) is 2.80. The summed E-state index contributed by atoms with van der Waals surface area (Å²) in [5, 5.41) is 12.1. The third kappa shape index (κ3) is 3.32. The highest BCUT2D eigenvalue weighted by atomic mass is 35.5. The van der Waals surface area contributed by atoms with E-state index in [1.807, 2.05) is 0 Å². The largest absolute Gasteiger partial charge is 0.480 e. The van der Waals surface area contributed by atoms with Gasteiger partial charge in [0.25, 0.3) is 5.91 Å². The predicted molar refractivity (Wildman–Crippen MR) is 93.5 cm³/mol. The molecule has 0 unspecified atom stereocenters. The number of sulfonamides is 1. The van der Waals surface area contributed by atoms with E-state index in [-0.39, 0.29) is 16.3 Å². The van der Waals surface area contributed by atoms with Crippen molar-refractivity contribution in [3.63, 3.8) is 0 Å². The molecular weight excluding hydrogens is 368 g/mol. The maximum atomic E-state index is 12.5. The second kappa shape index (κ2) is 6.49. The first-order chi connectivity index (χ1) is 11.8. The molecule has 7 nitrogen and oxygen atoms in total. The molecule has 3 rings (SSSR count). The average Bonchev–Trinajstić information content (AvgIpc) is 3.14. The number of nitrogens with one attached hydrogen (secondary N) is 1. The maximum Gasteiger partial charge on any atom is 0.329 e. The lowest BCUT2D eigenvalue weighted by molar-refractivity contribution is -0.144. The zero-order valence-electron chi connectivity index (χ0n) is 13.5. The van der Waals surface area contributed by atoms with Crippen molar-refractivity contribution in [3.05, 3.63) is 28.8 Å². The minimum absolute atomic E-state index is 0.0913. The van der Waals surface area contributed by atoms with Gasteiger partial charge in [0.2, 0.25) is 10.0 Å². The molecule has 1 aromatic rings. The molecule has 25 heavy (non-hydrogen) atoms. The molecule has 1 aliphatic carbocycles. The molecule has 1 saturated carbocycles. The lowest BCUT2D eigenvalue weighted by Gasteiger charge is -2.25. The third-order valence-corrected chi connectivity index (χ3v) is 6.99. The van der Waals surface area contributed by atoms with E-state index in [0.717, 1.165) is 12.8 Å². The number of amides is 1. The van der Waals surface area contributed by atoms with Crippen molar-refractivity contribution in [2.45, 2.75) is 37.6 Å². The van der Waals surface area contributed by atoms with Crippen LogP contribution in [0.3, 0.4) is 0 Å². The van der Waals surface area contributed by atoms with Gasteiger partial charge in [0.05, 0.1) is 22.0 Å². The Morgan fingerprint density at radius 3 is 2.40 bits per heavy atom. The molecule has 2 N–H and O–H groups in total. The molecule has 1 saturated heterocycles. The van der Waals surface area contributed by atoms with Crippen molar-refractivity contribution in [1.29, 1.82) is 0 Å². The van der Waals surface area contributed by atoms with Gasteiger partial charge in [0.1, 0.15) is 5.54 Å². The summed E-state index contributed by atoms with van der Waals surface area (Å²) < 4.78 is 25.2. The number of anilines is 1. The van der Waals surface area contributed by atoms with Crippen molar-refractivity contribution in [3.8, 4) is 0 Å². The van der Waals surface area contributed by atoms with Gasteiger partial charge in [-0.05, 0) is 37.5 Å². The lowest BCUT2D eigenvalue weighted by atomic mass is 9.97. The second-order valence-electron chi connectivity index (χ2n) is 6.45. The first-order valence-electron chi connectivity index (χ1n) is 8.11. The zero-order chi connectivity index (χ0) is 18.2. The van der Waals surface area contributed by atoms with Crippen LogP contribution in [0.5, 0.6) is 0 Å². The van der Waals surface area contributed by atoms with Gasteiger partial charge in [-0.2, -0.15) is 0 Å². The molecule has 0 atom stereocenters. The Morgan fingerprint density at radius 1 is 1.20 bits per heavy atom. The Balaban J connectivity index is 1.83. The minimum atomic E-state index is -3.33. The van der Waals surface area contributed by atoms with E-state index in [4.69, 9.17) is 11.6 Å². The summed E-state index contributed by atoms with van der Waals surface area (Å²) in [5.41, 5.74) is -0.709. The summed E-state index contributed by atoms with van der Waals surface area (Å²) >= 11 is 6.18. The standard InChI is InChI=1S/C16H19ClN2O5S/c17-13-10-11(19-8-3-9-25(19,23)24)4-5-12(13)14(20)18-16(15(21)22)6-1-2-7-16/h4-5,10H,1-3,6-9H2,(H,18,20)(H,21,22). The molecule has 0 bridgehead atoms. The van der Waals surface area contributed by atoms with Crippen molar-refractivity contribution in [2.75, 3.05) is 16.6 Å². The van der Waals surface area contributed by atoms with Crippen LogP contribution in [0.2, 0.25) is 5.02 Å². The predicted octanol–water partition coefficient (Wildman–Crippen LogP) is 2.01. The van der Waals surface area contributed by atoms with Crippen LogP contribution < -0.4 is 9.62 Å². The SMILES string of the molecule is O=C(NC1(C(=O)O)CCCC1)c1ccc(N2CCCS2(=O)=O)cc1Cl. The fourth-order valence-corrected chi connectivity index (χ4v) is 5.25. The number of halogens is 1. The van der Waals surface area contributed by atoms with Gasteiger partial charge in [-0.1, -0.05) is 24.4 Å². The fraction of sp³-hybridized carbons (Fsp3) is 0.500. The number of rotatable bonds is 4. The second-order valence-corrected chi connectivity index (χ2v) is 8.87. The van der Waals surface area contributed by atoms with E-state index in [1.54, 1.807) is 0 Å². The number of carboxylic acids is 1. The Morgan fingerprint density at radius 2 is 1.88 bits per heavy atom. The molecule has 9 heteroatoms. The van der Waals surface area contributed by atoms with Crippen LogP contribution in [0.1, 0.15) is 42.5 Å². The lowest BCUT2D eigenvalue weighted by Crippen LogP contribution is -2.52. The Kier molecular flexibility index (Phi) is 4.68. The minimum Gasteiger partial charge on any atom is -0.480 e. The molecule has 136 valence electrons. The molecule has 0 aromatic heterocycles. The smallest absolute Gasteiger partial charge is 0.329 e. The number of carbonyl (C=O) groups excluding carboxylic acids is 1. The van der Waals surface area contributed by atoms with Gasteiger partial charge in [-0.25, -0.2) is 13.2 Å². The highest BCUT2D eigenvalue weighted by Crippen LogP contribution is 2.32. The van der Waals surface area contributed by atoms with Gasteiger partial charge >= 0.3 is 5.97 Å². The normalized spacial score (nSPS) is 21.2. The molecule has 1 amide bonds. The molecule has 2 aliphatic rings. The van der Waals surface area contributed by atoms with E-state index in [2.05, 4.69) is 5.32 Å². The van der Waals surface area contributed by atoms with E-state index in [0.29, 0.717) is 31.5 Å². The van der Waals surface area contributed by atoms with Crippen LogP contribution >= 0.6 is 11.6 Å². The van der Waals surface area contributed by atoms with Crippen molar-refractivity contribution < 1.29 is 23.1 Å². The zero-order valence-corrected chi connectivity index (χ0v) is 15.1. The maximum absolute atomic E-state index is 12.5. The van der Waals surface area contributed by atoms with Gasteiger partial charge in [-0.3, -0.25) is 9.10 Å². The fourth-order valence-electron chi connectivity index (χ4n) is 3.43. The molecular formula is C16H19ClN2O5S. The van der Waals surface area contributed by atoms with Crippen LogP contribution in [0.4, 0.5) is 5.69 Å². The van der Waals surface area contributed by atoms with Crippen molar-refractivity contribution in [1.82, 2.24) is 5.32 Å². The summed E-state index contributed by atoms with van der Waals surface area (Å²) in [5.74, 6) is -1.52. The van der Waals surface area contributed by atoms with E-state index in [1.165, 1.54) is 22.5 Å².